The van der Waals surface area contributed by atoms with Gasteiger partial charge in [-0.25, -0.2) is 0 Å². The Morgan fingerprint density at radius 3 is 2.13 bits per heavy atom. The van der Waals surface area contributed by atoms with Crippen LogP contribution < -0.4 is 5.32 Å². The standard InChI is InChI=1S/C12H23NO2/c1-14-8-11(15-2)7-13-12(9-3-4-9)10-5-6-10/h9-13H,3-8H2,1-2H3. The van der Waals surface area contributed by atoms with Crippen LogP contribution >= 0.6 is 0 Å². The highest BCUT2D eigenvalue weighted by Crippen LogP contribution is 2.44. The summed E-state index contributed by atoms with van der Waals surface area (Å²) in [6.45, 7) is 1.62. The highest BCUT2D eigenvalue weighted by atomic mass is 16.5. The van der Waals surface area contributed by atoms with Crippen molar-refractivity contribution in [2.24, 2.45) is 11.8 Å². The van der Waals surface area contributed by atoms with Crippen LogP contribution in [0.3, 0.4) is 0 Å². The molecule has 2 saturated carbocycles. The van der Waals surface area contributed by atoms with E-state index in [9.17, 15) is 0 Å². The third-order valence-corrected chi connectivity index (χ3v) is 3.53. The van der Waals surface area contributed by atoms with Crippen molar-refractivity contribution in [1.82, 2.24) is 5.32 Å². The van der Waals surface area contributed by atoms with E-state index in [0.717, 1.165) is 24.4 Å². The van der Waals surface area contributed by atoms with E-state index in [0.29, 0.717) is 6.61 Å². The molecule has 0 aromatic heterocycles. The summed E-state index contributed by atoms with van der Waals surface area (Å²) in [6.07, 6.45) is 5.91. The van der Waals surface area contributed by atoms with Crippen LogP contribution in [0.5, 0.6) is 0 Å². The smallest absolute Gasteiger partial charge is 0.0928 e. The molecule has 0 spiro atoms. The van der Waals surface area contributed by atoms with Gasteiger partial charge in [-0.05, 0) is 37.5 Å². The van der Waals surface area contributed by atoms with E-state index < -0.39 is 0 Å². The fraction of sp³-hybridized carbons (Fsp3) is 1.00. The molecule has 15 heavy (non-hydrogen) atoms. The molecule has 1 N–H and O–H groups in total. The van der Waals surface area contributed by atoms with E-state index >= 15 is 0 Å². The van der Waals surface area contributed by atoms with E-state index in [2.05, 4.69) is 5.32 Å². The lowest BCUT2D eigenvalue weighted by atomic mass is 10.1. The summed E-state index contributed by atoms with van der Waals surface area (Å²) in [5.41, 5.74) is 0. The zero-order valence-electron chi connectivity index (χ0n) is 9.87. The monoisotopic (exact) mass is 213 g/mol. The van der Waals surface area contributed by atoms with Crippen molar-refractivity contribution >= 4 is 0 Å². The van der Waals surface area contributed by atoms with Gasteiger partial charge in [-0.2, -0.15) is 0 Å². The summed E-state index contributed by atoms with van der Waals surface area (Å²) < 4.78 is 10.5. The van der Waals surface area contributed by atoms with Gasteiger partial charge in [0.2, 0.25) is 0 Å². The average Bonchev–Trinajstić information content (AvgIpc) is 3.09. The lowest BCUT2D eigenvalue weighted by molar-refractivity contribution is 0.0265. The van der Waals surface area contributed by atoms with Crippen molar-refractivity contribution in [3.63, 3.8) is 0 Å². The number of nitrogens with one attached hydrogen (secondary N) is 1. The number of ether oxygens (including phenoxy) is 2. The van der Waals surface area contributed by atoms with E-state index in [-0.39, 0.29) is 6.10 Å². The lowest BCUT2D eigenvalue weighted by Gasteiger charge is -2.21. The SMILES string of the molecule is COCC(CNC(C1CC1)C1CC1)OC. The van der Waals surface area contributed by atoms with Crippen molar-refractivity contribution in [2.45, 2.75) is 37.8 Å². The molecule has 0 amide bonds. The molecule has 88 valence electrons. The summed E-state index contributed by atoms with van der Waals surface area (Å²) in [4.78, 5) is 0. The Kier molecular flexibility index (Phi) is 4.00. The first kappa shape index (κ1) is 11.4. The fourth-order valence-electron chi connectivity index (χ4n) is 2.29. The molecule has 1 atom stereocenters. The van der Waals surface area contributed by atoms with Crippen molar-refractivity contribution in [1.29, 1.82) is 0 Å². The Bertz CT molecular complexity index is 178. The summed E-state index contributed by atoms with van der Waals surface area (Å²) in [5, 5.41) is 3.67. The Balaban J connectivity index is 1.69. The maximum Gasteiger partial charge on any atom is 0.0928 e. The topological polar surface area (TPSA) is 30.5 Å². The molecule has 0 saturated heterocycles. The van der Waals surface area contributed by atoms with Crippen molar-refractivity contribution in [3.05, 3.63) is 0 Å². The van der Waals surface area contributed by atoms with Crippen molar-refractivity contribution in [2.75, 3.05) is 27.4 Å². The minimum absolute atomic E-state index is 0.204. The van der Waals surface area contributed by atoms with E-state index in [4.69, 9.17) is 9.47 Å². The predicted octanol–water partition coefficient (Wildman–Crippen LogP) is 1.43. The van der Waals surface area contributed by atoms with Crippen LogP contribution in [0.25, 0.3) is 0 Å². The Hall–Kier alpha value is -0.120. The molecule has 0 aromatic carbocycles. The van der Waals surface area contributed by atoms with Crippen LogP contribution in [0, 0.1) is 11.8 Å². The first-order valence-electron chi connectivity index (χ1n) is 6.10. The van der Waals surface area contributed by atoms with Crippen LogP contribution in [0.2, 0.25) is 0 Å². The second-order valence-corrected chi connectivity index (χ2v) is 4.92. The molecule has 0 radical (unpaired) electrons. The van der Waals surface area contributed by atoms with Gasteiger partial charge < -0.3 is 14.8 Å². The lowest BCUT2D eigenvalue weighted by Crippen LogP contribution is -2.40. The summed E-state index contributed by atoms with van der Waals surface area (Å²) in [5.74, 6) is 1.91. The number of methoxy groups -OCH3 is 2. The summed E-state index contributed by atoms with van der Waals surface area (Å²) in [6, 6.07) is 0.763. The molecule has 3 heteroatoms. The first-order chi connectivity index (χ1) is 7.35. The molecule has 2 fully saturated rings. The van der Waals surface area contributed by atoms with E-state index in [1.807, 2.05) is 0 Å². The molecule has 2 aliphatic carbocycles. The molecule has 0 heterocycles. The number of hydrogen-bond donors (Lipinski definition) is 1. The van der Waals surface area contributed by atoms with Crippen molar-refractivity contribution < 1.29 is 9.47 Å². The zero-order valence-corrected chi connectivity index (χ0v) is 9.87. The molecule has 0 aromatic rings. The minimum Gasteiger partial charge on any atom is -0.382 e. The van der Waals surface area contributed by atoms with Gasteiger partial charge in [0.05, 0.1) is 12.7 Å². The number of rotatable bonds is 8. The summed E-state index contributed by atoms with van der Waals surface area (Å²) in [7, 11) is 3.49. The Morgan fingerprint density at radius 2 is 1.73 bits per heavy atom. The fourth-order valence-corrected chi connectivity index (χ4v) is 2.29. The van der Waals surface area contributed by atoms with Crippen LogP contribution in [0.15, 0.2) is 0 Å². The molecule has 2 rings (SSSR count). The molecule has 1 unspecified atom stereocenters. The maximum absolute atomic E-state index is 5.35. The van der Waals surface area contributed by atoms with Gasteiger partial charge in [0.25, 0.3) is 0 Å². The third-order valence-electron chi connectivity index (χ3n) is 3.53. The van der Waals surface area contributed by atoms with Crippen LogP contribution in [0.4, 0.5) is 0 Å². The van der Waals surface area contributed by atoms with Gasteiger partial charge in [0.15, 0.2) is 0 Å². The van der Waals surface area contributed by atoms with E-state index in [1.54, 1.807) is 14.2 Å². The summed E-state index contributed by atoms with van der Waals surface area (Å²) >= 11 is 0. The van der Waals surface area contributed by atoms with Gasteiger partial charge in [0, 0.05) is 26.8 Å². The van der Waals surface area contributed by atoms with Gasteiger partial charge in [-0.1, -0.05) is 0 Å². The third kappa shape index (κ3) is 3.44. The molecular formula is C12H23NO2. The average molecular weight is 213 g/mol. The molecule has 3 nitrogen and oxygen atoms in total. The minimum atomic E-state index is 0.204. The van der Waals surface area contributed by atoms with E-state index in [1.165, 1.54) is 25.7 Å². The predicted molar refractivity (Wildman–Crippen MR) is 59.9 cm³/mol. The Labute approximate surface area is 92.5 Å². The van der Waals surface area contributed by atoms with Crippen LogP contribution in [-0.4, -0.2) is 39.5 Å². The Morgan fingerprint density at radius 1 is 1.13 bits per heavy atom. The van der Waals surface area contributed by atoms with Gasteiger partial charge in [0.1, 0.15) is 0 Å². The quantitative estimate of drug-likeness (QED) is 0.661. The molecule has 0 aliphatic heterocycles. The van der Waals surface area contributed by atoms with Gasteiger partial charge in [-0.3, -0.25) is 0 Å². The molecular weight excluding hydrogens is 190 g/mol. The van der Waals surface area contributed by atoms with Crippen LogP contribution in [0.1, 0.15) is 25.7 Å². The highest BCUT2D eigenvalue weighted by molar-refractivity contribution is 4.96. The van der Waals surface area contributed by atoms with Crippen molar-refractivity contribution in [3.8, 4) is 0 Å². The molecule has 2 aliphatic rings. The largest absolute Gasteiger partial charge is 0.382 e. The maximum atomic E-state index is 5.35. The van der Waals surface area contributed by atoms with Gasteiger partial charge >= 0.3 is 0 Å². The van der Waals surface area contributed by atoms with Gasteiger partial charge in [-0.15, -0.1) is 0 Å². The molecule has 0 bridgehead atoms. The number of hydrogen-bond acceptors (Lipinski definition) is 3. The zero-order chi connectivity index (χ0) is 10.7. The first-order valence-corrected chi connectivity index (χ1v) is 6.10. The highest BCUT2D eigenvalue weighted by Gasteiger charge is 2.41. The second-order valence-electron chi connectivity index (χ2n) is 4.92. The normalized spacial score (nSPS) is 23.4. The second kappa shape index (κ2) is 5.28. The van der Waals surface area contributed by atoms with Crippen LogP contribution in [-0.2, 0) is 9.47 Å².